The molecule has 0 saturated carbocycles. The number of aromatic nitrogens is 4. The summed E-state index contributed by atoms with van der Waals surface area (Å²) in [7, 11) is 0. The third-order valence-corrected chi connectivity index (χ3v) is 3.93. The summed E-state index contributed by atoms with van der Waals surface area (Å²) in [5.74, 6) is 0.352. The Kier molecular flexibility index (Phi) is 2.12. The van der Waals surface area contributed by atoms with Gasteiger partial charge in [-0.05, 0) is 0 Å². The van der Waals surface area contributed by atoms with E-state index >= 15 is 0 Å². The fraction of sp³-hybridized carbons (Fsp3) is 0.545. The molecule has 2 aliphatic heterocycles. The second kappa shape index (κ2) is 3.62. The molecule has 8 nitrogen and oxygen atoms in total. The van der Waals surface area contributed by atoms with Gasteiger partial charge in [-0.25, -0.2) is 15.0 Å². The van der Waals surface area contributed by atoms with Crippen LogP contribution in [-0.4, -0.2) is 56.2 Å². The third kappa shape index (κ3) is 1.30. The van der Waals surface area contributed by atoms with Crippen LogP contribution in [0.5, 0.6) is 0 Å². The Hall–Kier alpha value is -1.77. The lowest BCUT2D eigenvalue weighted by molar-refractivity contribution is -0.233. The third-order valence-electron chi connectivity index (χ3n) is 3.93. The number of fused-ring (bicyclic) bond motifs is 2. The number of hydrogen-bond donors (Lipinski definition) is 2. The van der Waals surface area contributed by atoms with Gasteiger partial charge in [-0.2, -0.15) is 0 Å². The highest BCUT2D eigenvalue weighted by Gasteiger charge is 2.59. The summed E-state index contributed by atoms with van der Waals surface area (Å²) >= 11 is 0. The molecular weight excluding hydrogens is 250 g/mol. The molecule has 3 atom stereocenters. The van der Waals surface area contributed by atoms with E-state index in [4.69, 9.17) is 15.2 Å². The zero-order valence-corrected chi connectivity index (χ0v) is 10.1. The number of nitrogens with zero attached hydrogens (tertiary/aromatic N) is 4. The van der Waals surface area contributed by atoms with Crippen LogP contribution in [0.25, 0.3) is 11.2 Å². The molecule has 0 aliphatic carbocycles. The van der Waals surface area contributed by atoms with Crippen LogP contribution >= 0.6 is 0 Å². The molecule has 0 radical (unpaired) electrons. The number of rotatable bonds is 2. The van der Waals surface area contributed by atoms with Crippen molar-refractivity contribution in [2.45, 2.75) is 17.7 Å². The molecule has 0 unspecified atom stereocenters. The lowest BCUT2D eigenvalue weighted by Crippen LogP contribution is -2.60. The monoisotopic (exact) mass is 263 g/mol. The van der Waals surface area contributed by atoms with Crippen molar-refractivity contribution in [1.82, 2.24) is 19.5 Å². The van der Waals surface area contributed by atoms with Gasteiger partial charge >= 0.3 is 0 Å². The van der Waals surface area contributed by atoms with Gasteiger partial charge in [0, 0.05) is 0 Å². The van der Waals surface area contributed by atoms with Gasteiger partial charge < -0.3 is 24.9 Å². The van der Waals surface area contributed by atoms with Crippen molar-refractivity contribution in [1.29, 1.82) is 0 Å². The minimum atomic E-state index is -0.570. The van der Waals surface area contributed by atoms with E-state index in [1.54, 1.807) is 6.33 Å². The normalized spacial score (nSPS) is 33.3. The highest BCUT2D eigenvalue weighted by atomic mass is 16.6. The largest absolute Gasteiger partial charge is 0.393 e. The fourth-order valence-electron chi connectivity index (χ4n) is 2.81. The number of anilines is 1. The van der Waals surface area contributed by atoms with E-state index in [0.717, 1.165) is 0 Å². The van der Waals surface area contributed by atoms with E-state index < -0.39 is 5.60 Å². The summed E-state index contributed by atoms with van der Waals surface area (Å²) in [4.78, 5) is 12.4. The molecular formula is C11H13N5O3. The first-order valence-corrected chi connectivity index (χ1v) is 6.04. The quantitative estimate of drug-likeness (QED) is 0.723. The van der Waals surface area contributed by atoms with Crippen molar-refractivity contribution in [2.24, 2.45) is 0 Å². The standard InChI is InChI=1S/C11H13N5O3/c12-9-7-10(14-4-13-9)16(5-15-7)6-1-19-11(2-17)3-18-8(6)11/h4-6,8,17H,1-3H2,(H2,12,13,14)/t6-,8+,11+/m1/s1. The van der Waals surface area contributed by atoms with Gasteiger partial charge in [0.2, 0.25) is 0 Å². The van der Waals surface area contributed by atoms with Crippen LogP contribution in [0.1, 0.15) is 6.04 Å². The fourth-order valence-corrected chi connectivity index (χ4v) is 2.81. The van der Waals surface area contributed by atoms with Gasteiger partial charge in [0.1, 0.15) is 23.5 Å². The SMILES string of the molecule is Nc1ncnc2c1ncn2[C@@H]1CO[C@@]2(CO)CO[C@@H]12. The molecule has 4 heterocycles. The number of nitrogens with two attached hydrogens (primary N) is 1. The maximum Gasteiger partial charge on any atom is 0.165 e. The van der Waals surface area contributed by atoms with Crippen molar-refractivity contribution in [3.05, 3.63) is 12.7 Å². The number of nitrogen functional groups attached to an aromatic ring is 1. The van der Waals surface area contributed by atoms with Gasteiger partial charge in [-0.1, -0.05) is 0 Å². The van der Waals surface area contributed by atoms with Crippen molar-refractivity contribution < 1.29 is 14.6 Å². The van der Waals surface area contributed by atoms with Gasteiger partial charge in [-0.3, -0.25) is 0 Å². The van der Waals surface area contributed by atoms with E-state index in [-0.39, 0.29) is 18.8 Å². The minimum Gasteiger partial charge on any atom is -0.393 e. The number of hydrogen-bond acceptors (Lipinski definition) is 7. The first-order chi connectivity index (χ1) is 9.25. The Morgan fingerprint density at radius 2 is 2.37 bits per heavy atom. The Morgan fingerprint density at radius 1 is 1.47 bits per heavy atom. The Bertz CT molecular complexity index is 640. The van der Waals surface area contributed by atoms with Gasteiger partial charge in [0.05, 0.1) is 32.2 Å². The highest BCUT2D eigenvalue weighted by Crippen LogP contribution is 2.43. The second-order valence-electron chi connectivity index (χ2n) is 4.92. The average molecular weight is 263 g/mol. The van der Waals surface area contributed by atoms with Crippen LogP contribution in [0, 0.1) is 0 Å². The van der Waals surface area contributed by atoms with Crippen LogP contribution in [0.3, 0.4) is 0 Å². The van der Waals surface area contributed by atoms with Crippen LogP contribution in [0.2, 0.25) is 0 Å². The first kappa shape index (κ1) is 11.1. The number of ether oxygens (including phenoxy) is 2. The lowest BCUT2D eigenvalue weighted by atomic mass is 9.90. The summed E-state index contributed by atoms with van der Waals surface area (Å²) in [6.07, 6.45) is 2.90. The molecule has 2 aromatic rings. The van der Waals surface area contributed by atoms with Crippen molar-refractivity contribution in [2.75, 3.05) is 25.6 Å². The second-order valence-corrected chi connectivity index (χ2v) is 4.92. The first-order valence-electron chi connectivity index (χ1n) is 6.04. The van der Waals surface area contributed by atoms with Crippen molar-refractivity contribution in [3.63, 3.8) is 0 Å². The molecule has 4 rings (SSSR count). The maximum atomic E-state index is 9.44. The smallest absolute Gasteiger partial charge is 0.165 e. The molecule has 2 aliphatic rings. The topological polar surface area (TPSA) is 108 Å². The molecule has 3 N–H and O–H groups in total. The Morgan fingerprint density at radius 3 is 3.05 bits per heavy atom. The van der Waals surface area contributed by atoms with Crippen molar-refractivity contribution >= 4 is 17.0 Å². The zero-order chi connectivity index (χ0) is 13.0. The van der Waals surface area contributed by atoms with Gasteiger partial charge in [-0.15, -0.1) is 0 Å². The van der Waals surface area contributed by atoms with Gasteiger partial charge in [0.15, 0.2) is 11.5 Å². The molecule has 8 heteroatoms. The summed E-state index contributed by atoms with van der Waals surface area (Å²) in [5, 5.41) is 9.44. The van der Waals surface area contributed by atoms with E-state index in [0.29, 0.717) is 30.2 Å². The molecule has 2 saturated heterocycles. The number of aliphatic hydroxyl groups is 1. The number of imidazole rings is 1. The lowest BCUT2D eigenvalue weighted by Gasteiger charge is -2.43. The summed E-state index contributed by atoms with van der Waals surface area (Å²) in [6.45, 7) is 0.840. The molecule has 0 aromatic carbocycles. The highest BCUT2D eigenvalue weighted by molar-refractivity contribution is 5.81. The number of aliphatic hydroxyl groups excluding tert-OH is 1. The predicted octanol–water partition coefficient (Wildman–Crippen LogP) is -0.890. The van der Waals surface area contributed by atoms with Crippen LogP contribution in [0.4, 0.5) is 5.82 Å². The van der Waals surface area contributed by atoms with Crippen LogP contribution < -0.4 is 5.73 Å². The van der Waals surface area contributed by atoms with Crippen LogP contribution in [-0.2, 0) is 9.47 Å². The van der Waals surface area contributed by atoms with Crippen LogP contribution in [0.15, 0.2) is 12.7 Å². The average Bonchev–Trinajstić information content (AvgIpc) is 2.91. The van der Waals surface area contributed by atoms with Crippen molar-refractivity contribution in [3.8, 4) is 0 Å². The molecule has 19 heavy (non-hydrogen) atoms. The molecule has 100 valence electrons. The molecule has 2 fully saturated rings. The summed E-state index contributed by atoms with van der Waals surface area (Å²) < 4.78 is 13.1. The maximum absolute atomic E-state index is 9.44. The molecule has 2 aromatic heterocycles. The Balaban J connectivity index is 1.78. The van der Waals surface area contributed by atoms with E-state index in [9.17, 15) is 5.11 Å². The molecule has 0 amide bonds. The van der Waals surface area contributed by atoms with E-state index in [1.807, 2.05) is 4.57 Å². The molecule has 0 spiro atoms. The summed E-state index contributed by atoms with van der Waals surface area (Å²) in [5.41, 5.74) is 6.43. The molecule has 0 bridgehead atoms. The zero-order valence-electron chi connectivity index (χ0n) is 10.1. The van der Waals surface area contributed by atoms with Gasteiger partial charge in [0.25, 0.3) is 0 Å². The van der Waals surface area contributed by atoms with E-state index in [1.165, 1.54) is 6.33 Å². The Labute approximate surface area is 108 Å². The predicted molar refractivity (Wildman–Crippen MR) is 64.3 cm³/mol. The van der Waals surface area contributed by atoms with E-state index in [2.05, 4.69) is 15.0 Å². The summed E-state index contributed by atoms with van der Waals surface area (Å²) in [6, 6.07) is -0.0554. The minimum absolute atomic E-state index is 0.0437.